The molecule has 0 aliphatic rings. The van der Waals surface area contributed by atoms with E-state index in [1.807, 2.05) is 129 Å². The van der Waals surface area contributed by atoms with E-state index >= 15 is 0 Å². The average molecular weight is 704 g/mol. The molecule has 0 saturated carbocycles. The van der Waals surface area contributed by atoms with Gasteiger partial charge in [0, 0.05) is 22.9 Å². The summed E-state index contributed by atoms with van der Waals surface area (Å²) in [4.78, 5) is 20.0. The first-order valence-electron chi connectivity index (χ1n) is 17.9. The maximum atomic E-state index is 13.7. The van der Waals surface area contributed by atoms with E-state index in [1.165, 1.54) is 0 Å². The standard InChI is InChI=1S/C47H37N5O2/c1-33-30-43(44(34(2)48-33)45(53)37-20-10-4-11-21-37)54-32-35-28-29-41(36-18-8-3-9-19-36)42(31-35)46-49-51-52(50-46)47(38-22-12-5-13-23-38,39-24-14-6-15-25-39)40-26-16-7-17-27-40/h3-31H,32H2,1-2H3. The Morgan fingerprint density at radius 2 is 1.17 bits per heavy atom. The lowest BCUT2D eigenvalue weighted by Gasteiger charge is -2.34. The Labute approximate surface area is 314 Å². The molecule has 0 spiro atoms. The molecule has 262 valence electrons. The number of hydrogen-bond acceptors (Lipinski definition) is 6. The third kappa shape index (κ3) is 6.48. The number of benzene rings is 6. The van der Waals surface area contributed by atoms with Crippen molar-refractivity contribution in [3.05, 3.63) is 221 Å². The lowest BCUT2D eigenvalue weighted by molar-refractivity contribution is 0.103. The van der Waals surface area contributed by atoms with E-state index in [4.69, 9.17) is 20.1 Å². The molecular weight excluding hydrogens is 667 g/mol. The number of ketones is 1. The summed E-state index contributed by atoms with van der Waals surface area (Å²) >= 11 is 0. The fraction of sp³-hybridized carbons (Fsp3) is 0.0851. The Hall–Kier alpha value is -6.99. The van der Waals surface area contributed by atoms with Gasteiger partial charge in [-0.2, -0.15) is 0 Å². The predicted octanol–water partition coefficient (Wildman–Crippen LogP) is 9.67. The normalized spacial score (nSPS) is 11.3. The summed E-state index contributed by atoms with van der Waals surface area (Å²) in [5, 5.41) is 14.8. The fourth-order valence-corrected chi connectivity index (χ4v) is 7.16. The zero-order valence-electron chi connectivity index (χ0n) is 30.0. The van der Waals surface area contributed by atoms with Crippen LogP contribution in [0.4, 0.5) is 0 Å². The smallest absolute Gasteiger partial charge is 0.205 e. The predicted molar refractivity (Wildman–Crippen MR) is 211 cm³/mol. The molecule has 2 aromatic heterocycles. The first-order chi connectivity index (χ1) is 26.5. The molecule has 0 unspecified atom stereocenters. The molecule has 6 aromatic carbocycles. The van der Waals surface area contributed by atoms with Crippen molar-refractivity contribution in [3.63, 3.8) is 0 Å². The van der Waals surface area contributed by atoms with Crippen molar-refractivity contribution in [1.29, 1.82) is 0 Å². The maximum absolute atomic E-state index is 13.7. The number of carbonyl (C=O) groups is 1. The Morgan fingerprint density at radius 3 is 1.74 bits per heavy atom. The van der Waals surface area contributed by atoms with Crippen molar-refractivity contribution in [1.82, 2.24) is 25.2 Å². The van der Waals surface area contributed by atoms with E-state index in [-0.39, 0.29) is 12.4 Å². The summed E-state index contributed by atoms with van der Waals surface area (Å²) in [7, 11) is 0. The molecule has 0 fully saturated rings. The van der Waals surface area contributed by atoms with E-state index in [1.54, 1.807) is 4.80 Å². The second-order valence-electron chi connectivity index (χ2n) is 13.2. The zero-order valence-corrected chi connectivity index (χ0v) is 30.0. The largest absolute Gasteiger partial charge is 0.488 e. The monoisotopic (exact) mass is 703 g/mol. The van der Waals surface area contributed by atoms with Crippen molar-refractivity contribution in [3.8, 4) is 28.3 Å². The number of ether oxygens (including phenoxy) is 1. The number of aromatic nitrogens is 5. The molecule has 0 amide bonds. The Kier molecular flexibility index (Phi) is 9.43. The molecule has 0 aliphatic heterocycles. The second-order valence-corrected chi connectivity index (χ2v) is 13.2. The maximum Gasteiger partial charge on any atom is 0.205 e. The van der Waals surface area contributed by atoms with Crippen LogP contribution in [-0.2, 0) is 12.1 Å². The Balaban J connectivity index is 1.24. The average Bonchev–Trinajstić information content (AvgIpc) is 3.72. The van der Waals surface area contributed by atoms with Crippen molar-refractivity contribution in [2.75, 3.05) is 0 Å². The number of rotatable bonds is 11. The van der Waals surface area contributed by atoms with Crippen molar-refractivity contribution < 1.29 is 9.53 Å². The van der Waals surface area contributed by atoms with Gasteiger partial charge in [-0.25, -0.2) is 0 Å². The SMILES string of the molecule is Cc1cc(OCc2ccc(-c3ccccc3)c(-c3nnn(C(c4ccccc4)(c4ccccc4)c4ccccc4)n3)c2)c(C(=O)c2ccccc2)c(C)n1. The van der Waals surface area contributed by atoms with Crippen LogP contribution in [0.3, 0.4) is 0 Å². The summed E-state index contributed by atoms with van der Waals surface area (Å²) < 4.78 is 6.47. The number of aryl methyl sites for hydroxylation is 2. The highest BCUT2D eigenvalue weighted by atomic mass is 16.5. The minimum Gasteiger partial charge on any atom is -0.488 e. The summed E-state index contributed by atoms with van der Waals surface area (Å²) in [6.45, 7) is 3.95. The summed E-state index contributed by atoms with van der Waals surface area (Å²) in [5.74, 6) is 0.832. The minimum absolute atomic E-state index is 0.129. The van der Waals surface area contributed by atoms with Gasteiger partial charge in [0.1, 0.15) is 12.4 Å². The van der Waals surface area contributed by atoms with Gasteiger partial charge < -0.3 is 4.74 Å². The van der Waals surface area contributed by atoms with Gasteiger partial charge in [0.2, 0.25) is 5.82 Å². The van der Waals surface area contributed by atoms with Gasteiger partial charge in [0.25, 0.3) is 0 Å². The van der Waals surface area contributed by atoms with Crippen LogP contribution in [0.15, 0.2) is 176 Å². The molecule has 7 heteroatoms. The van der Waals surface area contributed by atoms with Gasteiger partial charge in [-0.05, 0) is 58.5 Å². The van der Waals surface area contributed by atoms with Crippen molar-refractivity contribution in [2.24, 2.45) is 0 Å². The van der Waals surface area contributed by atoms with Gasteiger partial charge in [-0.3, -0.25) is 9.78 Å². The first-order valence-corrected chi connectivity index (χ1v) is 17.9. The van der Waals surface area contributed by atoms with Crippen LogP contribution >= 0.6 is 0 Å². The van der Waals surface area contributed by atoms with Gasteiger partial charge in [0.05, 0.1) is 11.3 Å². The molecule has 8 aromatic rings. The van der Waals surface area contributed by atoms with Crippen molar-refractivity contribution >= 4 is 5.78 Å². The molecule has 7 nitrogen and oxygen atoms in total. The molecule has 0 atom stereocenters. The van der Waals surface area contributed by atoms with Crippen LogP contribution in [0.2, 0.25) is 0 Å². The highest BCUT2D eigenvalue weighted by Crippen LogP contribution is 2.40. The summed E-state index contributed by atoms with van der Waals surface area (Å²) in [5.41, 5.74) is 8.18. The number of carbonyl (C=O) groups excluding carboxylic acids is 1. The molecule has 54 heavy (non-hydrogen) atoms. The van der Waals surface area contributed by atoms with E-state index < -0.39 is 5.54 Å². The number of tetrazole rings is 1. The van der Waals surface area contributed by atoms with Crippen molar-refractivity contribution in [2.45, 2.75) is 26.0 Å². The lowest BCUT2D eigenvalue weighted by atomic mass is 9.77. The molecule has 0 N–H and O–H groups in total. The van der Waals surface area contributed by atoms with E-state index in [0.717, 1.165) is 44.6 Å². The fourth-order valence-electron chi connectivity index (χ4n) is 7.16. The molecule has 0 saturated heterocycles. The van der Waals surface area contributed by atoms with Crippen LogP contribution in [0, 0.1) is 13.8 Å². The van der Waals surface area contributed by atoms with Gasteiger partial charge in [-0.1, -0.05) is 164 Å². The van der Waals surface area contributed by atoms with Crippen LogP contribution in [0.5, 0.6) is 5.75 Å². The highest BCUT2D eigenvalue weighted by molar-refractivity contribution is 6.11. The third-order valence-corrected chi connectivity index (χ3v) is 9.65. The number of hydrogen-bond donors (Lipinski definition) is 0. The van der Waals surface area contributed by atoms with Gasteiger partial charge in [0.15, 0.2) is 11.3 Å². The number of pyridine rings is 1. The van der Waals surface area contributed by atoms with Gasteiger partial charge >= 0.3 is 0 Å². The molecule has 0 aliphatic carbocycles. The van der Waals surface area contributed by atoms with Crippen LogP contribution in [-0.4, -0.2) is 31.0 Å². The van der Waals surface area contributed by atoms with Crippen LogP contribution in [0.1, 0.15) is 49.6 Å². The minimum atomic E-state index is -0.915. The third-order valence-electron chi connectivity index (χ3n) is 9.65. The Bertz CT molecular complexity index is 2420. The van der Waals surface area contributed by atoms with E-state index in [0.29, 0.717) is 28.4 Å². The summed E-state index contributed by atoms with van der Waals surface area (Å²) in [6, 6.07) is 58.3. The number of nitrogens with zero attached hydrogens (tertiary/aromatic N) is 5. The molecular formula is C47H37N5O2. The van der Waals surface area contributed by atoms with Crippen LogP contribution in [0.25, 0.3) is 22.5 Å². The lowest BCUT2D eigenvalue weighted by Crippen LogP contribution is -2.39. The topological polar surface area (TPSA) is 82.8 Å². The van der Waals surface area contributed by atoms with E-state index in [2.05, 4.69) is 65.6 Å². The molecule has 8 rings (SSSR count). The quantitative estimate of drug-likeness (QED) is 0.0986. The summed E-state index contributed by atoms with van der Waals surface area (Å²) in [6.07, 6.45) is 0. The molecule has 2 heterocycles. The van der Waals surface area contributed by atoms with Gasteiger partial charge in [-0.15, -0.1) is 15.0 Å². The molecule has 0 bridgehead atoms. The zero-order chi connectivity index (χ0) is 36.9. The van der Waals surface area contributed by atoms with E-state index in [9.17, 15) is 4.79 Å². The first kappa shape index (κ1) is 34.1. The van der Waals surface area contributed by atoms with Crippen LogP contribution < -0.4 is 4.74 Å². The molecule has 0 radical (unpaired) electrons. The second kappa shape index (κ2) is 14.9. The highest BCUT2D eigenvalue weighted by Gasteiger charge is 2.41. The Morgan fingerprint density at radius 1 is 0.630 bits per heavy atom.